The van der Waals surface area contributed by atoms with E-state index in [1.165, 1.54) is 19.3 Å². The van der Waals surface area contributed by atoms with Gasteiger partial charge in [-0.3, -0.25) is 0 Å². The third kappa shape index (κ3) is 4.90. The molecule has 1 aromatic rings. The number of rotatable bonds is 8. The Hall–Kier alpha value is -1.81. The molecule has 4 nitrogen and oxygen atoms in total. The van der Waals surface area contributed by atoms with Gasteiger partial charge >= 0.3 is 5.97 Å². The van der Waals surface area contributed by atoms with Gasteiger partial charge in [0.2, 0.25) is 0 Å². The van der Waals surface area contributed by atoms with Gasteiger partial charge < -0.3 is 14.6 Å². The maximum Gasteiger partial charge on any atom is 0.328 e. The summed E-state index contributed by atoms with van der Waals surface area (Å²) < 4.78 is 10.9. The Morgan fingerprint density at radius 3 is 2.86 bits per heavy atom. The number of hydrogen-bond donors (Lipinski definition) is 1. The Morgan fingerprint density at radius 2 is 2.24 bits per heavy atom. The van der Waals surface area contributed by atoms with Gasteiger partial charge in [-0.25, -0.2) is 4.79 Å². The molecule has 0 unspecified atom stereocenters. The van der Waals surface area contributed by atoms with Crippen molar-refractivity contribution < 1.29 is 19.4 Å². The summed E-state index contributed by atoms with van der Waals surface area (Å²) in [7, 11) is 1.61. The van der Waals surface area contributed by atoms with Gasteiger partial charge in [-0.05, 0) is 41.7 Å². The SMILES string of the molecule is COc1ccc(/C=C/C(=O)O)c(COCCC2CCC2)c1. The van der Waals surface area contributed by atoms with Crippen molar-refractivity contribution in [1.82, 2.24) is 0 Å². The first-order chi connectivity index (χ1) is 10.2. The van der Waals surface area contributed by atoms with E-state index in [2.05, 4.69) is 0 Å². The number of carboxylic acid groups (broad SMARTS) is 1. The lowest BCUT2D eigenvalue weighted by Crippen LogP contribution is -2.13. The highest BCUT2D eigenvalue weighted by Gasteiger charge is 2.16. The molecule has 0 bridgehead atoms. The van der Waals surface area contributed by atoms with E-state index in [0.29, 0.717) is 6.61 Å². The molecule has 0 aliphatic heterocycles. The number of hydrogen-bond acceptors (Lipinski definition) is 3. The van der Waals surface area contributed by atoms with Crippen LogP contribution in [0.25, 0.3) is 6.08 Å². The molecule has 1 aromatic carbocycles. The minimum Gasteiger partial charge on any atom is -0.497 e. The van der Waals surface area contributed by atoms with E-state index in [1.54, 1.807) is 13.2 Å². The molecule has 1 aliphatic carbocycles. The first-order valence-electron chi connectivity index (χ1n) is 7.34. The zero-order chi connectivity index (χ0) is 15.1. The molecule has 1 N–H and O–H groups in total. The molecule has 1 aliphatic rings. The van der Waals surface area contributed by atoms with E-state index >= 15 is 0 Å². The number of methoxy groups -OCH3 is 1. The van der Waals surface area contributed by atoms with Crippen molar-refractivity contribution in [2.45, 2.75) is 32.3 Å². The van der Waals surface area contributed by atoms with Crippen molar-refractivity contribution in [2.24, 2.45) is 5.92 Å². The second kappa shape index (κ2) is 7.84. The molecule has 1 fully saturated rings. The van der Waals surface area contributed by atoms with Gasteiger partial charge in [0.25, 0.3) is 0 Å². The van der Waals surface area contributed by atoms with Crippen molar-refractivity contribution in [2.75, 3.05) is 13.7 Å². The maximum atomic E-state index is 10.6. The maximum absolute atomic E-state index is 10.6. The zero-order valence-electron chi connectivity index (χ0n) is 12.4. The molecule has 4 heteroatoms. The van der Waals surface area contributed by atoms with E-state index in [4.69, 9.17) is 14.6 Å². The van der Waals surface area contributed by atoms with Crippen LogP contribution in [-0.4, -0.2) is 24.8 Å². The van der Waals surface area contributed by atoms with Crippen molar-refractivity contribution >= 4 is 12.0 Å². The Kier molecular flexibility index (Phi) is 5.81. The van der Waals surface area contributed by atoms with Crippen LogP contribution in [0.1, 0.15) is 36.8 Å². The van der Waals surface area contributed by atoms with Crippen molar-refractivity contribution in [3.63, 3.8) is 0 Å². The van der Waals surface area contributed by atoms with Gasteiger partial charge in [0.05, 0.1) is 13.7 Å². The van der Waals surface area contributed by atoms with E-state index < -0.39 is 5.97 Å². The van der Waals surface area contributed by atoms with Crippen LogP contribution in [0.15, 0.2) is 24.3 Å². The van der Waals surface area contributed by atoms with Gasteiger partial charge in [-0.2, -0.15) is 0 Å². The van der Waals surface area contributed by atoms with Crippen LogP contribution in [-0.2, 0) is 16.1 Å². The highest BCUT2D eigenvalue weighted by Crippen LogP contribution is 2.29. The molecule has 1 saturated carbocycles. The molecule has 0 saturated heterocycles. The lowest BCUT2D eigenvalue weighted by atomic mass is 9.83. The Balaban J connectivity index is 1.94. The minimum absolute atomic E-state index is 0.475. The number of aliphatic carboxylic acids is 1. The Labute approximate surface area is 125 Å². The predicted octanol–water partition coefficient (Wildman–Crippen LogP) is 3.50. The summed E-state index contributed by atoms with van der Waals surface area (Å²) in [5.41, 5.74) is 1.79. The quantitative estimate of drug-likeness (QED) is 0.588. The first-order valence-corrected chi connectivity index (χ1v) is 7.34. The fourth-order valence-corrected chi connectivity index (χ4v) is 2.37. The molecule has 0 radical (unpaired) electrons. The second-order valence-corrected chi connectivity index (χ2v) is 5.37. The van der Waals surface area contributed by atoms with E-state index in [-0.39, 0.29) is 0 Å². The summed E-state index contributed by atoms with van der Waals surface area (Å²) in [4.78, 5) is 10.6. The fraction of sp³-hybridized carbons (Fsp3) is 0.471. The standard InChI is InChI=1S/C17H22O4/c1-20-16-7-5-14(6-8-17(18)19)15(11-16)12-21-10-9-13-3-2-4-13/h5-8,11,13H,2-4,9-10,12H2,1H3,(H,18,19)/b8-6+. The minimum atomic E-state index is -0.956. The van der Waals surface area contributed by atoms with E-state index in [0.717, 1.165) is 41.9 Å². The van der Waals surface area contributed by atoms with E-state index in [9.17, 15) is 4.79 Å². The highest BCUT2D eigenvalue weighted by atomic mass is 16.5. The number of ether oxygens (including phenoxy) is 2. The predicted molar refractivity (Wildman–Crippen MR) is 81.3 cm³/mol. The summed E-state index contributed by atoms with van der Waals surface area (Å²) in [6.45, 7) is 1.23. The summed E-state index contributed by atoms with van der Waals surface area (Å²) in [5, 5.41) is 8.73. The van der Waals surface area contributed by atoms with Crippen molar-refractivity contribution in [1.29, 1.82) is 0 Å². The Bertz CT molecular complexity index is 504. The third-order valence-corrected chi connectivity index (χ3v) is 3.91. The first kappa shape index (κ1) is 15.6. The fourth-order valence-electron chi connectivity index (χ4n) is 2.37. The van der Waals surface area contributed by atoms with Crippen LogP contribution in [0.5, 0.6) is 5.75 Å². The normalized spacial score (nSPS) is 15.1. The second-order valence-electron chi connectivity index (χ2n) is 5.37. The van der Waals surface area contributed by atoms with Crippen LogP contribution in [0.2, 0.25) is 0 Å². The van der Waals surface area contributed by atoms with Gasteiger partial charge in [0, 0.05) is 12.7 Å². The zero-order valence-corrected chi connectivity index (χ0v) is 12.4. The van der Waals surface area contributed by atoms with Gasteiger partial charge in [0.15, 0.2) is 0 Å². The molecule has 0 aromatic heterocycles. The van der Waals surface area contributed by atoms with Crippen molar-refractivity contribution in [3.8, 4) is 5.75 Å². The average molecular weight is 290 g/mol. The molecule has 0 atom stereocenters. The monoisotopic (exact) mass is 290 g/mol. The molecule has 2 rings (SSSR count). The average Bonchev–Trinajstić information content (AvgIpc) is 2.43. The van der Waals surface area contributed by atoms with Gasteiger partial charge in [-0.1, -0.05) is 25.3 Å². The molecule has 114 valence electrons. The number of carboxylic acids is 1. The summed E-state index contributed by atoms with van der Waals surface area (Å²) in [6, 6.07) is 5.56. The highest BCUT2D eigenvalue weighted by molar-refractivity contribution is 5.85. The van der Waals surface area contributed by atoms with Gasteiger partial charge in [-0.15, -0.1) is 0 Å². The van der Waals surface area contributed by atoms with Crippen LogP contribution in [0.4, 0.5) is 0 Å². The summed E-state index contributed by atoms with van der Waals surface area (Å²) >= 11 is 0. The number of benzene rings is 1. The molecular formula is C17H22O4. The lowest BCUT2D eigenvalue weighted by Gasteiger charge is -2.24. The smallest absolute Gasteiger partial charge is 0.328 e. The van der Waals surface area contributed by atoms with Crippen LogP contribution in [0, 0.1) is 5.92 Å². The number of carbonyl (C=O) groups is 1. The van der Waals surface area contributed by atoms with Crippen molar-refractivity contribution in [3.05, 3.63) is 35.4 Å². The largest absolute Gasteiger partial charge is 0.497 e. The van der Waals surface area contributed by atoms with Gasteiger partial charge in [0.1, 0.15) is 5.75 Å². The summed E-state index contributed by atoms with van der Waals surface area (Å²) in [5.74, 6) is 0.629. The molecular weight excluding hydrogens is 268 g/mol. The molecule has 21 heavy (non-hydrogen) atoms. The van der Waals surface area contributed by atoms with Crippen LogP contribution < -0.4 is 4.74 Å². The Morgan fingerprint density at radius 1 is 1.43 bits per heavy atom. The molecule has 0 spiro atoms. The van der Waals surface area contributed by atoms with Crippen LogP contribution >= 0.6 is 0 Å². The topological polar surface area (TPSA) is 55.8 Å². The summed E-state index contributed by atoms with van der Waals surface area (Å²) in [6.07, 6.45) is 7.85. The lowest BCUT2D eigenvalue weighted by molar-refractivity contribution is -0.131. The van der Waals surface area contributed by atoms with Crippen LogP contribution in [0.3, 0.4) is 0 Å². The third-order valence-electron chi connectivity index (χ3n) is 3.91. The molecule has 0 heterocycles. The molecule has 0 amide bonds. The van der Waals surface area contributed by atoms with E-state index in [1.807, 2.05) is 18.2 Å².